The summed E-state index contributed by atoms with van der Waals surface area (Å²) >= 11 is 0. The Morgan fingerprint density at radius 1 is 1.25 bits per heavy atom. The van der Waals surface area contributed by atoms with Gasteiger partial charge in [0.15, 0.2) is 0 Å². The lowest BCUT2D eigenvalue weighted by Gasteiger charge is -2.23. The van der Waals surface area contributed by atoms with Crippen molar-refractivity contribution in [1.29, 1.82) is 0 Å². The first-order valence-electron chi connectivity index (χ1n) is 6.41. The largest absolute Gasteiger partial charge is 0.481 e. The molecule has 7 heteroatoms. The standard InChI is InChI=1S/C13H20N4O3/c1-13(2,4-3-11(18)19)5-6-16-12(20)17-10-7-14-9-15-8-10/h7-9H,3-6H2,1-2H3,(H,18,19)(H2,16,17,20). The number of hydrogen-bond acceptors (Lipinski definition) is 4. The molecule has 0 saturated carbocycles. The first-order valence-corrected chi connectivity index (χ1v) is 6.41. The highest BCUT2D eigenvalue weighted by Gasteiger charge is 2.19. The zero-order valence-corrected chi connectivity index (χ0v) is 11.7. The molecule has 2 amide bonds. The third-order valence-corrected chi connectivity index (χ3v) is 2.92. The number of nitrogens with one attached hydrogen (secondary N) is 2. The van der Waals surface area contributed by atoms with Crippen molar-refractivity contribution < 1.29 is 14.7 Å². The molecule has 0 aliphatic rings. The van der Waals surface area contributed by atoms with Crippen LogP contribution in [0.25, 0.3) is 0 Å². The van der Waals surface area contributed by atoms with Crippen LogP contribution in [-0.2, 0) is 4.79 Å². The summed E-state index contributed by atoms with van der Waals surface area (Å²) in [7, 11) is 0. The summed E-state index contributed by atoms with van der Waals surface area (Å²) < 4.78 is 0. The lowest BCUT2D eigenvalue weighted by atomic mass is 9.84. The number of amides is 2. The van der Waals surface area contributed by atoms with Gasteiger partial charge in [-0.2, -0.15) is 0 Å². The highest BCUT2D eigenvalue weighted by molar-refractivity contribution is 5.88. The fraction of sp³-hybridized carbons (Fsp3) is 0.538. The minimum absolute atomic E-state index is 0.123. The molecular formula is C13H20N4O3. The molecule has 1 heterocycles. The van der Waals surface area contributed by atoms with E-state index >= 15 is 0 Å². The van der Waals surface area contributed by atoms with Gasteiger partial charge in [0.1, 0.15) is 6.33 Å². The van der Waals surface area contributed by atoms with Gasteiger partial charge in [0.2, 0.25) is 0 Å². The number of anilines is 1. The lowest BCUT2D eigenvalue weighted by molar-refractivity contribution is -0.137. The predicted octanol–water partition coefficient (Wildman–Crippen LogP) is 1.88. The third-order valence-electron chi connectivity index (χ3n) is 2.92. The van der Waals surface area contributed by atoms with E-state index in [0.29, 0.717) is 25.1 Å². The van der Waals surface area contributed by atoms with Gasteiger partial charge in [-0.05, 0) is 18.3 Å². The first kappa shape index (κ1) is 15.9. The summed E-state index contributed by atoms with van der Waals surface area (Å²) in [6, 6.07) is -0.325. The van der Waals surface area contributed by atoms with Crippen molar-refractivity contribution >= 4 is 17.7 Å². The summed E-state index contributed by atoms with van der Waals surface area (Å²) in [4.78, 5) is 29.7. The zero-order valence-electron chi connectivity index (χ0n) is 11.7. The second kappa shape index (κ2) is 7.42. The van der Waals surface area contributed by atoms with Crippen LogP contribution in [-0.4, -0.2) is 33.6 Å². The average Bonchev–Trinajstić information content (AvgIpc) is 2.37. The molecule has 0 radical (unpaired) electrons. The Morgan fingerprint density at radius 2 is 1.90 bits per heavy atom. The molecule has 20 heavy (non-hydrogen) atoms. The molecule has 0 fully saturated rings. The quantitative estimate of drug-likeness (QED) is 0.707. The van der Waals surface area contributed by atoms with E-state index in [4.69, 9.17) is 5.11 Å². The van der Waals surface area contributed by atoms with Gasteiger partial charge in [-0.1, -0.05) is 13.8 Å². The van der Waals surface area contributed by atoms with Gasteiger partial charge in [-0.15, -0.1) is 0 Å². The summed E-state index contributed by atoms with van der Waals surface area (Å²) in [6.07, 6.45) is 5.82. The van der Waals surface area contributed by atoms with Gasteiger partial charge >= 0.3 is 12.0 Å². The van der Waals surface area contributed by atoms with Crippen LogP contribution < -0.4 is 10.6 Å². The van der Waals surface area contributed by atoms with E-state index in [0.717, 1.165) is 0 Å². The molecule has 0 atom stereocenters. The second-order valence-electron chi connectivity index (χ2n) is 5.32. The molecule has 0 bridgehead atoms. The summed E-state index contributed by atoms with van der Waals surface area (Å²) in [6.45, 7) is 4.45. The summed E-state index contributed by atoms with van der Waals surface area (Å²) in [5.41, 5.74) is 0.400. The Morgan fingerprint density at radius 3 is 2.50 bits per heavy atom. The fourth-order valence-corrected chi connectivity index (χ4v) is 1.62. The number of urea groups is 1. The van der Waals surface area contributed by atoms with E-state index < -0.39 is 5.97 Å². The van der Waals surface area contributed by atoms with E-state index in [-0.39, 0.29) is 17.9 Å². The smallest absolute Gasteiger partial charge is 0.319 e. The molecule has 0 aromatic carbocycles. The minimum atomic E-state index is -0.798. The Balaban J connectivity index is 2.26. The number of hydrogen-bond donors (Lipinski definition) is 3. The fourth-order valence-electron chi connectivity index (χ4n) is 1.62. The maximum Gasteiger partial charge on any atom is 0.319 e. The van der Waals surface area contributed by atoms with E-state index in [1.54, 1.807) is 0 Å². The van der Waals surface area contributed by atoms with Crippen molar-refractivity contribution in [1.82, 2.24) is 15.3 Å². The zero-order chi connectivity index (χ0) is 15.0. The van der Waals surface area contributed by atoms with Crippen LogP contribution in [0.3, 0.4) is 0 Å². The molecular weight excluding hydrogens is 260 g/mol. The number of carboxylic acids is 1. The molecule has 0 aliphatic carbocycles. The van der Waals surface area contributed by atoms with E-state index in [1.807, 2.05) is 13.8 Å². The molecule has 0 aliphatic heterocycles. The molecule has 0 spiro atoms. The van der Waals surface area contributed by atoms with Gasteiger partial charge in [-0.3, -0.25) is 4.79 Å². The first-order chi connectivity index (χ1) is 9.39. The second-order valence-corrected chi connectivity index (χ2v) is 5.32. The van der Waals surface area contributed by atoms with Crippen molar-refractivity contribution in [3.8, 4) is 0 Å². The maximum atomic E-state index is 11.6. The van der Waals surface area contributed by atoms with E-state index in [2.05, 4.69) is 20.6 Å². The Bertz CT molecular complexity index is 448. The van der Waals surface area contributed by atoms with Crippen LogP contribution in [0.2, 0.25) is 0 Å². The van der Waals surface area contributed by atoms with Crippen molar-refractivity contribution in [2.24, 2.45) is 5.41 Å². The van der Waals surface area contributed by atoms with E-state index in [9.17, 15) is 9.59 Å². The van der Waals surface area contributed by atoms with Crippen molar-refractivity contribution in [2.45, 2.75) is 33.1 Å². The lowest BCUT2D eigenvalue weighted by Crippen LogP contribution is -2.32. The van der Waals surface area contributed by atoms with Crippen LogP contribution in [0, 0.1) is 5.41 Å². The van der Waals surface area contributed by atoms with Crippen LogP contribution >= 0.6 is 0 Å². The van der Waals surface area contributed by atoms with Gasteiger partial charge in [0.05, 0.1) is 18.1 Å². The number of carbonyl (C=O) groups excluding carboxylic acids is 1. The molecule has 3 N–H and O–H groups in total. The Hall–Kier alpha value is -2.18. The Kier molecular flexibility index (Phi) is 5.89. The molecule has 7 nitrogen and oxygen atoms in total. The van der Waals surface area contributed by atoms with Crippen LogP contribution in [0.4, 0.5) is 10.5 Å². The van der Waals surface area contributed by atoms with Gasteiger partial charge in [0.25, 0.3) is 0 Å². The topological polar surface area (TPSA) is 104 Å². The van der Waals surface area contributed by atoms with Crippen LogP contribution in [0.5, 0.6) is 0 Å². The molecule has 1 aromatic heterocycles. The molecule has 0 unspecified atom stereocenters. The highest BCUT2D eigenvalue weighted by atomic mass is 16.4. The number of nitrogens with zero attached hydrogens (tertiary/aromatic N) is 2. The molecule has 110 valence electrons. The van der Waals surface area contributed by atoms with Gasteiger partial charge in [0, 0.05) is 13.0 Å². The Labute approximate surface area is 117 Å². The van der Waals surface area contributed by atoms with Crippen molar-refractivity contribution in [3.05, 3.63) is 18.7 Å². The number of aromatic nitrogens is 2. The summed E-state index contributed by atoms with van der Waals surface area (Å²) in [5.74, 6) is -0.798. The van der Waals surface area contributed by atoms with Crippen molar-refractivity contribution in [2.75, 3.05) is 11.9 Å². The summed E-state index contributed by atoms with van der Waals surface area (Å²) in [5, 5.41) is 14.0. The van der Waals surface area contributed by atoms with E-state index in [1.165, 1.54) is 18.7 Å². The number of carboxylic acid groups (broad SMARTS) is 1. The maximum absolute atomic E-state index is 11.6. The highest BCUT2D eigenvalue weighted by Crippen LogP contribution is 2.25. The van der Waals surface area contributed by atoms with Gasteiger partial charge in [-0.25, -0.2) is 14.8 Å². The number of carbonyl (C=O) groups is 2. The molecule has 1 aromatic rings. The normalized spacial score (nSPS) is 10.9. The SMILES string of the molecule is CC(C)(CCNC(=O)Nc1cncnc1)CCC(=O)O. The average molecular weight is 280 g/mol. The number of aliphatic carboxylic acids is 1. The van der Waals surface area contributed by atoms with Gasteiger partial charge < -0.3 is 15.7 Å². The molecule has 0 saturated heterocycles. The number of rotatable bonds is 7. The predicted molar refractivity (Wildman–Crippen MR) is 74.3 cm³/mol. The molecule has 1 rings (SSSR count). The third kappa shape index (κ3) is 6.67. The van der Waals surface area contributed by atoms with Crippen molar-refractivity contribution in [3.63, 3.8) is 0 Å². The van der Waals surface area contributed by atoms with Crippen LogP contribution in [0.15, 0.2) is 18.7 Å². The minimum Gasteiger partial charge on any atom is -0.481 e. The van der Waals surface area contributed by atoms with Crippen LogP contribution in [0.1, 0.15) is 33.1 Å². The monoisotopic (exact) mass is 280 g/mol.